The molecule has 1 fully saturated rings. The van der Waals surface area contributed by atoms with Gasteiger partial charge in [-0.15, -0.1) is 0 Å². The Morgan fingerprint density at radius 1 is 1.47 bits per heavy atom. The summed E-state index contributed by atoms with van der Waals surface area (Å²) < 4.78 is 13.0. The Labute approximate surface area is 89.6 Å². The molecular weight excluding hydrogens is 191 g/mol. The molecule has 2 nitrogen and oxygen atoms in total. The molecule has 2 rings (SSSR count). The molecule has 82 valence electrons. The van der Waals surface area contributed by atoms with E-state index in [2.05, 4.69) is 5.43 Å². The van der Waals surface area contributed by atoms with Gasteiger partial charge in [0.05, 0.1) is 0 Å². The SMILES string of the molecule is NNC(CC1CCC1)c1cccc(F)c1. The van der Waals surface area contributed by atoms with Crippen molar-refractivity contribution in [2.75, 3.05) is 0 Å². The fourth-order valence-corrected chi connectivity index (χ4v) is 2.09. The minimum atomic E-state index is -0.193. The van der Waals surface area contributed by atoms with Crippen LogP contribution in [0.1, 0.15) is 37.3 Å². The molecule has 0 aliphatic heterocycles. The average Bonchev–Trinajstić information content (AvgIpc) is 2.16. The van der Waals surface area contributed by atoms with Crippen LogP contribution in [0.2, 0.25) is 0 Å². The van der Waals surface area contributed by atoms with Gasteiger partial charge in [-0.05, 0) is 30.0 Å². The third-order valence-electron chi connectivity index (χ3n) is 3.25. The standard InChI is InChI=1S/C12H17FN2/c13-11-6-2-5-10(8-11)12(15-14)7-9-3-1-4-9/h2,5-6,8-9,12,15H,1,3-4,7,14H2. The summed E-state index contributed by atoms with van der Waals surface area (Å²) in [4.78, 5) is 0. The molecule has 15 heavy (non-hydrogen) atoms. The molecule has 1 aliphatic rings. The van der Waals surface area contributed by atoms with Gasteiger partial charge in [-0.2, -0.15) is 0 Å². The Hall–Kier alpha value is -0.930. The van der Waals surface area contributed by atoms with Crippen LogP contribution in [0, 0.1) is 11.7 Å². The molecule has 1 aromatic carbocycles. The van der Waals surface area contributed by atoms with E-state index >= 15 is 0 Å². The van der Waals surface area contributed by atoms with Crippen LogP contribution >= 0.6 is 0 Å². The maximum atomic E-state index is 13.0. The van der Waals surface area contributed by atoms with Gasteiger partial charge in [0.25, 0.3) is 0 Å². The maximum Gasteiger partial charge on any atom is 0.123 e. The fourth-order valence-electron chi connectivity index (χ4n) is 2.09. The number of hydrogen-bond acceptors (Lipinski definition) is 2. The predicted molar refractivity (Wildman–Crippen MR) is 58.4 cm³/mol. The first kappa shape index (κ1) is 10.6. The molecule has 0 radical (unpaired) electrons. The third kappa shape index (κ3) is 2.55. The second-order valence-corrected chi connectivity index (χ2v) is 4.31. The van der Waals surface area contributed by atoms with Crippen molar-refractivity contribution in [3.63, 3.8) is 0 Å². The van der Waals surface area contributed by atoms with Gasteiger partial charge in [-0.25, -0.2) is 4.39 Å². The zero-order chi connectivity index (χ0) is 10.7. The van der Waals surface area contributed by atoms with Crippen LogP contribution in [0.15, 0.2) is 24.3 Å². The molecule has 0 aromatic heterocycles. The van der Waals surface area contributed by atoms with Crippen molar-refractivity contribution >= 4 is 0 Å². The molecule has 3 heteroatoms. The summed E-state index contributed by atoms with van der Waals surface area (Å²) in [5, 5.41) is 0. The molecule has 1 aliphatic carbocycles. The third-order valence-corrected chi connectivity index (χ3v) is 3.25. The monoisotopic (exact) mass is 208 g/mol. The van der Waals surface area contributed by atoms with Crippen molar-refractivity contribution < 1.29 is 4.39 Å². The molecule has 0 spiro atoms. The highest BCUT2D eigenvalue weighted by atomic mass is 19.1. The Kier molecular flexibility index (Phi) is 3.34. The van der Waals surface area contributed by atoms with Gasteiger partial charge in [-0.1, -0.05) is 31.4 Å². The summed E-state index contributed by atoms with van der Waals surface area (Å²) in [6.45, 7) is 0. The van der Waals surface area contributed by atoms with Gasteiger partial charge in [0.15, 0.2) is 0 Å². The number of nitrogens with two attached hydrogens (primary N) is 1. The van der Waals surface area contributed by atoms with E-state index in [-0.39, 0.29) is 11.9 Å². The van der Waals surface area contributed by atoms with Gasteiger partial charge in [0.2, 0.25) is 0 Å². The lowest BCUT2D eigenvalue weighted by molar-refractivity contribution is 0.261. The topological polar surface area (TPSA) is 38.0 Å². The van der Waals surface area contributed by atoms with E-state index < -0.39 is 0 Å². The van der Waals surface area contributed by atoms with E-state index in [1.54, 1.807) is 12.1 Å². The molecule has 0 heterocycles. The molecule has 3 N–H and O–H groups in total. The zero-order valence-corrected chi connectivity index (χ0v) is 8.75. The fraction of sp³-hybridized carbons (Fsp3) is 0.500. The summed E-state index contributed by atoms with van der Waals surface area (Å²) >= 11 is 0. The van der Waals surface area contributed by atoms with Crippen LogP contribution in [0.3, 0.4) is 0 Å². The number of hydrazine groups is 1. The lowest BCUT2D eigenvalue weighted by Gasteiger charge is -2.29. The van der Waals surface area contributed by atoms with Crippen molar-refractivity contribution in [3.05, 3.63) is 35.6 Å². The average molecular weight is 208 g/mol. The van der Waals surface area contributed by atoms with E-state index in [1.807, 2.05) is 6.07 Å². The maximum absolute atomic E-state index is 13.0. The molecule has 1 saturated carbocycles. The van der Waals surface area contributed by atoms with Crippen LogP contribution in [0.5, 0.6) is 0 Å². The summed E-state index contributed by atoms with van der Waals surface area (Å²) in [6, 6.07) is 6.76. The molecule has 1 aromatic rings. The number of benzene rings is 1. The number of hydrogen-bond donors (Lipinski definition) is 2. The van der Waals surface area contributed by atoms with Crippen molar-refractivity contribution in [1.29, 1.82) is 0 Å². The van der Waals surface area contributed by atoms with E-state index in [0.29, 0.717) is 0 Å². The Bertz CT molecular complexity index is 323. The largest absolute Gasteiger partial charge is 0.271 e. The van der Waals surface area contributed by atoms with E-state index in [1.165, 1.54) is 25.3 Å². The first-order valence-electron chi connectivity index (χ1n) is 5.51. The first-order valence-corrected chi connectivity index (χ1v) is 5.51. The van der Waals surface area contributed by atoms with Gasteiger partial charge in [0.1, 0.15) is 5.82 Å². The van der Waals surface area contributed by atoms with Crippen molar-refractivity contribution in [2.24, 2.45) is 11.8 Å². The molecule has 0 saturated heterocycles. The molecule has 1 atom stereocenters. The van der Waals surface area contributed by atoms with Crippen LogP contribution < -0.4 is 11.3 Å². The van der Waals surface area contributed by atoms with Gasteiger partial charge >= 0.3 is 0 Å². The molecule has 0 bridgehead atoms. The minimum absolute atomic E-state index is 0.0889. The van der Waals surface area contributed by atoms with Crippen LogP contribution in [0.4, 0.5) is 4.39 Å². The smallest absolute Gasteiger partial charge is 0.123 e. The van der Waals surface area contributed by atoms with Crippen LogP contribution in [0.25, 0.3) is 0 Å². The van der Waals surface area contributed by atoms with Crippen molar-refractivity contribution in [3.8, 4) is 0 Å². The summed E-state index contributed by atoms with van der Waals surface area (Å²) in [5.74, 6) is 6.07. The van der Waals surface area contributed by atoms with Crippen LogP contribution in [-0.2, 0) is 0 Å². The highest BCUT2D eigenvalue weighted by Gasteiger charge is 2.22. The van der Waals surface area contributed by atoms with Crippen molar-refractivity contribution in [1.82, 2.24) is 5.43 Å². The lowest BCUT2D eigenvalue weighted by Crippen LogP contribution is -2.31. The number of rotatable bonds is 4. The number of halogens is 1. The second-order valence-electron chi connectivity index (χ2n) is 4.31. The lowest BCUT2D eigenvalue weighted by atomic mass is 9.80. The summed E-state index contributed by atoms with van der Waals surface area (Å²) in [5.41, 5.74) is 3.73. The normalized spacial score (nSPS) is 18.5. The van der Waals surface area contributed by atoms with Gasteiger partial charge in [-0.3, -0.25) is 11.3 Å². The van der Waals surface area contributed by atoms with Gasteiger partial charge in [0, 0.05) is 6.04 Å². The minimum Gasteiger partial charge on any atom is -0.271 e. The highest BCUT2D eigenvalue weighted by Crippen LogP contribution is 2.34. The van der Waals surface area contributed by atoms with E-state index in [0.717, 1.165) is 17.9 Å². The van der Waals surface area contributed by atoms with E-state index in [4.69, 9.17) is 5.84 Å². The van der Waals surface area contributed by atoms with Crippen molar-refractivity contribution in [2.45, 2.75) is 31.7 Å². The quantitative estimate of drug-likeness (QED) is 0.589. The highest BCUT2D eigenvalue weighted by molar-refractivity contribution is 5.20. The zero-order valence-electron chi connectivity index (χ0n) is 8.75. The van der Waals surface area contributed by atoms with Gasteiger partial charge < -0.3 is 0 Å². The molecular formula is C12H17FN2. The number of nitrogens with one attached hydrogen (secondary N) is 1. The Morgan fingerprint density at radius 3 is 2.80 bits per heavy atom. The predicted octanol–water partition coefficient (Wildman–Crippen LogP) is 2.52. The molecule has 1 unspecified atom stereocenters. The van der Waals surface area contributed by atoms with Crippen LogP contribution in [-0.4, -0.2) is 0 Å². The first-order chi connectivity index (χ1) is 7.29. The molecule has 0 amide bonds. The summed E-state index contributed by atoms with van der Waals surface area (Å²) in [6.07, 6.45) is 4.91. The Morgan fingerprint density at radius 2 is 2.27 bits per heavy atom. The Balaban J connectivity index is 2.04. The second kappa shape index (κ2) is 4.73. The summed E-state index contributed by atoms with van der Waals surface area (Å²) in [7, 11) is 0. The van der Waals surface area contributed by atoms with E-state index in [9.17, 15) is 4.39 Å².